The van der Waals surface area contributed by atoms with Crippen molar-refractivity contribution in [2.24, 2.45) is 5.92 Å². The Kier molecular flexibility index (Phi) is 4.56. The maximum absolute atomic E-state index is 13.3. The monoisotopic (exact) mass is 326 g/mol. The lowest BCUT2D eigenvalue weighted by Gasteiger charge is -2.14. The van der Waals surface area contributed by atoms with Crippen LogP contribution in [0.15, 0.2) is 36.5 Å². The van der Waals surface area contributed by atoms with Crippen LogP contribution in [0.3, 0.4) is 0 Å². The van der Waals surface area contributed by atoms with Crippen molar-refractivity contribution in [3.63, 3.8) is 0 Å². The zero-order valence-corrected chi connectivity index (χ0v) is 14.6. The highest BCUT2D eigenvalue weighted by Crippen LogP contribution is 2.31. The number of benzene rings is 1. The van der Waals surface area contributed by atoms with Gasteiger partial charge in [0.15, 0.2) is 0 Å². The Bertz CT molecular complexity index is 867. The van der Waals surface area contributed by atoms with Gasteiger partial charge in [-0.3, -0.25) is 0 Å². The van der Waals surface area contributed by atoms with E-state index in [1.807, 2.05) is 12.1 Å². The summed E-state index contributed by atoms with van der Waals surface area (Å²) < 4.78 is 21.6. The molecule has 0 saturated carbocycles. The first-order valence-corrected chi connectivity index (χ1v) is 8.29. The van der Waals surface area contributed by atoms with Gasteiger partial charge in [0.25, 0.3) is 0 Å². The van der Waals surface area contributed by atoms with Gasteiger partial charge in [0.05, 0.1) is 0 Å². The summed E-state index contributed by atoms with van der Waals surface area (Å²) in [4.78, 5) is 4.43. The van der Waals surface area contributed by atoms with Crippen molar-refractivity contribution in [3.8, 4) is 5.88 Å². The fourth-order valence-corrected chi connectivity index (χ4v) is 3.04. The second-order valence-electron chi connectivity index (χ2n) is 6.65. The topological polar surface area (TPSA) is 27.1 Å². The first-order valence-electron chi connectivity index (χ1n) is 8.29. The predicted molar refractivity (Wildman–Crippen MR) is 94.8 cm³/mol. The molecule has 0 N–H and O–H groups in total. The van der Waals surface area contributed by atoms with Gasteiger partial charge in [-0.1, -0.05) is 26.0 Å². The highest BCUT2D eigenvalue weighted by molar-refractivity contribution is 5.88. The number of rotatable bonds is 5. The van der Waals surface area contributed by atoms with Crippen molar-refractivity contribution in [1.82, 2.24) is 9.55 Å². The number of aromatic nitrogens is 2. The number of nitrogens with zero attached hydrogens (tertiary/aromatic N) is 2. The molecule has 0 fully saturated rings. The molecule has 126 valence electrons. The summed E-state index contributed by atoms with van der Waals surface area (Å²) >= 11 is 0. The van der Waals surface area contributed by atoms with Crippen molar-refractivity contribution in [2.75, 3.05) is 0 Å². The molecular weight excluding hydrogens is 303 g/mol. The molecule has 4 heteroatoms. The van der Waals surface area contributed by atoms with Crippen LogP contribution < -0.4 is 4.74 Å². The van der Waals surface area contributed by atoms with Crippen molar-refractivity contribution < 1.29 is 9.13 Å². The van der Waals surface area contributed by atoms with Gasteiger partial charge in [0, 0.05) is 23.8 Å². The van der Waals surface area contributed by atoms with E-state index < -0.39 is 0 Å². The smallest absolute Gasteiger partial charge is 0.238 e. The third-order valence-electron chi connectivity index (χ3n) is 4.32. The lowest BCUT2D eigenvalue weighted by atomic mass is 10.2. The second kappa shape index (κ2) is 6.63. The van der Waals surface area contributed by atoms with Crippen LogP contribution in [0.4, 0.5) is 4.39 Å². The van der Waals surface area contributed by atoms with E-state index in [1.165, 1.54) is 23.4 Å². The molecule has 3 aromatic rings. The average molecular weight is 326 g/mol. The summed E-state index contributed by atoms with van der Waals surface area (Å²) in [5, 5.41) is 1.16. The van der Waals surface area contributed by atoms with Crippen molar-refractivity contribution in [3.05, 3.63) is 59.2 Å². The average Bonchev–Trinajstić information content (AvgIpc) is 2.78. The van der Waals surface area contributed by atoms with Gasteiger partial charge in [-0.2, -0.15) is 0 Å². The third kappa shape index (κ3) is 3.14. The molecule has 3 nitrogen and oxygen atoms in total. The molecule has 2 aromatic heterocycles. The van der Waals surface area contributed by atoms with Crippen LogP contribution in [0.1, 0.15) is 30.7 Å². The molecule has 24 heavy (non-hydrogen) atoms. The molecule has 0 unspecified atom stereocenters. The lowest BCUT2D eigenvalue weighted by Crippen LogP contribution is -2.08. The minimum atomic E-state index is -0.253. The Morgan fingerprint density at radius 1 is 1.21 bits per heavy atom. The molecule has 0 atom stereocenters. The molecule has 0 bridgehead atoms. The Hall–Kier alpha value is -2.36. The van der Waals surface area contributed by atoms with Crippen molar-refractivity contribution >= 4 is 10.9 Å². The normalized spacial score (nSPS) is 11.4. The second-order valence-corrected chi connectivity index (χ2v) is 6.65. The Labute approximate surface area is 142 Å². The molecule has 0 aliphatic heterocycles. The number of aryl methyl sites for hydroxylation is 1. The Morgan fingerprint density at radius 3 is 2.71 bits per heavy atom. The van der Waals surface area contributed by atoms with Gasteiger partial charge >= 0.3 is 0 Å². The van der Waals surface area contributed by atoms with Gasteiger partial charge in [0.1, 0.15) is 17.9 Å². The van der Waals surface area contributed by atoms with Crippen LogP contribution >= 0.6 is 0 Å². The van der Waals surface area contributed by atoms with E-state index >= 15 is 0 Å². The summed E-state index contributed by atoms with van der Waals surface area (Å²) in [6.45, 7) is 9.88. The van der Waals surface area contributed by atoms with Gasteiger partial charge < -0.3 is 9.30 Å². The summed E-state index contributed by atoms with van der Waals surface area (Å²) in [5.74, 6) is 0.876. The van der Waals surface area contributed by atoms with Crippen molar-refractivity contribution in [2.45, 2.75) is 40.8 Å². The number of ether oxygens (including phenoxy) is 1. The summed E-state index contributed by atoms with van der Waals surface area (Å²) in [6, 6.07) is 8.50. The van der Waals surface area contributed by atoms with Gasteiger partial charge in [0.2, 0.25) is 5.88 Å². The molecule has 3 rings (SSSR count). The van der Waals surface area contributed by atoms with Crippen LogP contribution in [-0.2, 0) is 13.2 Å². The van der Waals surface area contributed by atoms with Gasteiger partial charge in [-0.15, -0.1) is 0 Å². The van der Waals surface area contributed by atoms with Crippen LogP contribution in [0, 0.1) is 25.6 Å². The molecule has 2 heterocycles. The lowest BCUT2D eigenvalue weighted by molar-refractivity contribution is 0.295. The predicted octanol–water partition coefficient (Wildman–Crippen LogP) is 5.03. The van der Waals surface area contributed by atoms with Crippen molar-refractivity contribution in [1.29, 1.82) is 0 Å². The number of fused-ring (bicyclic) bond motifs is 1. The Balaban J connectivity index is 2.00. The fraction of sp³-hybridized carbons (Fsp3) is 0.350. The molecule has 0 amide bonds. The molecule has 0 radical (unpaired) electrons. The minimum Gasteiger partial charge on any atom is -0.471 e. The SMILES string of the molecule is Cc1c(C)n(CC(C)C)c2c(OCc3cccc(F)c3)nccc12. The van der Waals surface area contributed by atoms with E-state index in [-0.39, 0.29) is 5.82 Å². The highest BCUT2D eigenvalue weighted by Gasteiger charge is 2.17. The molecular formula is C20H23FN2O. The van der Waals surface area contributed by atoms with E-state index in [9.17, 15) is 4.39 Å². The number of hydrogen-bond acceptors (Lipinski definition) is 2. The van der Waals surface area contributed by atoms with E-state index in [2.05, 4.69) is 37.2 Å². The first-order chi connectivity index (χ1) is 11.5. The zero-order valence-electron chi connectivity index (χ0n) is 14.6. The van der Waals surface area contributed by atoms with Crippen LogP contribution in [0.2, 0.25) is 0 Å². The largest absolute Gasteiger partial charge is 0.471 e. The molecule has 0 spiro atoms. The summed E-state index contributed by atoms with van der Waals surface area (Å²) in [5.41, 5.74) is 4.31. The van der Waals surface area contributed by atoms with Crippen LogP contribution in [-0.4, -0.2) is 9.55 Å². The van der Waals surface area contributed by atoms with Crippen LogP contribution in [0.25, 0.3) is 10.9 Å². The molecule has 0 aliphatic rings. The van der Waals surface area contributed by atoms with E-state index in [1.54, 1.807) is 12.3 Å². The summed E-state index contributed by atoms with van der Waals surface area (Å²) in [7, 11) is 0. The zero-order chi connectivity index (χ0) is 17.3. The van der Waals surface area contributed by atoms with Crippen LogP contribution in [0.5, 0.6) is 5.88 Å². The van der Waals surface area contributed by atoms with E-state index in [0.717, 1.165) is 23.0 Å². The van der Waals surface area contributed by atoms with E-state index in [4.69, 9.17) is 4.74 Å². The molecule has 0 saturated heterocycles. The number of hydrogen-bond donors (Lipinski definition) is 0. The minimum absolute atomic E-state index is 0.253. The first kappa shape index (κ1) is 16.5. The summed E-state index contributed by atoms with van der Waals surface area (Å²) in [6.07, 6.45) is 1.77. The maximum Gasteiger partial charge on any atom is 0.238 e. The highest BCUT2D eigenvalue weighted by atomic mass is 19.1. The maximum atomic E-state index is 13.3. The number of pyridine rings is 1. The van der Waals surface area contributed by atoms with E-state index in [0.29, 0.717) is 18.4 Å². The fourth-order valence-electron chi connectivity index (χ4n) is 3.04. The third-order valence-corrected chi connectivity index (χ3v) is 4.32. The van der Waals surface area contributed by atoms with Gasteiger partial charge in [-0.05, 0) is 49.1 Å². The quantitative estimate of drug-likeness (QED) is 0.658. The molecule has 0 aliphatic carbocycles. The molecule has 1 aromatic carbocycles. The van der Waals surface area contributed by atoms with Gasteiger partial charge in [-0.25, -0.2) is 9.37 Å². The Morgan fingerprint density at radius 2 is 2.00 bits per heavy atom. The number of halogens is 1. The standard InChI is InChI=1S/C20H23FN2O/c1-13(2)11-23-15(4)14(3)18-8-9-22-20(19(18)23)24-12-16-6-5-7-17(21)10-16/h5-10,13H,11-12H2,1-4H3.